The SMILES string of the molecule is CC(C)CCC[C@@H](C)[C@H]1CCC2C3CC=C4C[C@@H](OCC[N+](C)(CC(=O)O)CC(=O)O)CC[C@]4(C)C3CC[C@@]21C. The molecule has 0 aromatic carbocycles. The summed E-state index contributed by atoms with van der Waals surface area (Å²) in [5.41, 5.74) is 2.39. The number of carboxylic acids is 2. The first-order valence-electron chi connectivity index (χ1n) is 16.4. The van der Waals surface area contributed by atoms with Gasteiger partial charge in [-0.25, -0.2) is 9.59 Å². The molecule has 2 N–H and O–H groups in total. The van der Waals surface area contributed by atoms with E-state index in [-0.39, 0.29) is 29.1 Å². The molecule has 6 nitrogen and oxygen atoms in total. The van der Waals surface area contributed by atoms with Gasteiger partial charge in [0.2, 0.25) is 0 Å². The molecule has 0 heterocycles. The molecule has 4 rings (SSSR count). The standard InChI is InChI=1S/C34H57NO5/c1-23(2)8-7-9-24(3)28-12-13-29-27-11-10-25-20-26(14-16-33(25,4)30(27)15-17-34(28,29)5)40-19-18-35(6,21-31(36)37)22-32(38)39/h10,23-24,26-30H,7-9,11-22H2,1-6H3,(H-,36,37,38,39)/p+1/t24-,26+,27?,28-,29?,30?,33+,34-/m1/s1. The number of fused-ring (bicyclic) bond motifs is 5. The van der Waals surface area contributed by atoms with Crippen LogP contribution in [0, 0.1) is 46.3 Å². The number of carbonyl (C=O) groups is 2. The van der Waals surface area contributed by atoms with E-state index in [0.717, 1.165) is 48.3 Å². The zero-order chi connectivity index (χ0) is 29.3. The average Bonchev–Trinajstić information content (AvgIpc) is 3.20. The van der Waals surface area contributed by atoms with E-state index in [2.05, 4.69) is 40.7 Å². The van der Waals surface area contributed by atoms with Crippen molar-refractivity contribution in [1.29, 1.82) is 0 Å². The number of likely N-dealkylation sites (N-methyl/N-ethyl adjacent to an activating group) is 1. The van der Waals surface area contributed by atoms with Crippen molar-refractivity contribution in [2.75, 3.05) is 33.3 Å². The van der Waals surface area contributed by atoms with E-state index in [1.807, 2.05) is 0 Å². The fraction of sp³-hybridized carbons (Fsp3) is 0.882. The van der Waals surface area contributed by atoms with Gasteiger partial charge >= 0.3 is 11.9 Å². The van der Waals surface area contributed by atoms with Gasteiger partial charge in [0, 0.05) is 0 Å². The Morgan fingerprint density at radius 3 is 2.35 bits per heavy atom. The Balaban J connectivity index is 1.36. The molecule has 3 saturated carbocycles. The number of quaternary nitrogens is 1. The van der Waals surface area contributed by atoms with Gasteiger partial charge in [0.05, 0.1) is 19.8 Å². The Morgan fingerprint density at radius 1 is 1.00 bits per heavy atom. The molecule has 6 heteroatoms. The minimum absolute atomic E-state index is 0.0426. The molecule has 0 aliphatic heterocycles. The van der Waals surface area contributed by atoms with Gasteiger partial charge < -0.3 is 19.4 Å². The van der Waals surface area contributed by atoms with E-state index in [1.165, 1.54) is 57.8 Å². The maximum absolute atomic E-state index is 11.3. The first-order chi connectivity index (χ1) is 18.8. The molecular formula is C34H58NO5+. The summed E-state index contributed by atoms with van der Waals surface area (Å²) in [7, 11) is 1.70. The summed E-state index contributed by atoms with van der Waals surface area (Å²) in [6.45, 7) is 12.8. The smallest absolute Gasteiger partial charge is 0.359 e. The van der Waals surface area contributed by atoms with Crippen molar-refractivity contribution in [3.8, 4) is 0 Å². The largest absolute Gasteiger partial charge is 0.477 e. The average molecular weight is 561 g/mol. The third-order valence-electron chi connectivity index (χ3n) is 12.3. The number of hydrogen-bond donors (Lipinski definition) is 2. The monoisotopic (exact) mass is 560 g/mol. The van der Waals surface area contributed by atoms with Crippen molar-refractivity contribution in [3.05, 3.63) is 11.6 Å². The molecule has 3 unspecified atom stereocenters. The van der Waals surface area contributed by atoms with Crippen molar-refractivity contribution in [2.24, 2.45) is 46.3 Å². The summed E-state index contributed by atoms with van der Waals surface area (Å²) in [6.07, 6.45) is 16.9. The quantitative estimate of drug-likeness (QED) is 0.187. The highest BCUT2D eigenvalue weighted by Crippen LogP contribution is 2.67. The lowest BCUT2D eigenvalue weighted by Crippen LogP contribution is -2.53. The Labute approximate surface area is 243 Å². The van der Waals surface area contributed by atoms with E-state index < -0.39 is 11.9 Å². The van der Waals surface area contributed by atoms with Crippen molar-refractivity contribution in [1.82, 2.24) is 0 Å². The number of ether oxygens (including phenoxy) is 1. The summed E-state index contributed by atoms with van der Waals surface area (Å²) in [6, 6.07) is 0. The van der Waals surface area contributed by atoms with Crippen LogP contribution in [0.25, 0.3) is 0 Å². The van der Waals surface area contributed by atoms with Crippen LogP contribution in [0.15, 0.2) is 11.6 Å². The molecule has 3 fully saturated rings. The second-order valence-electron chi connectivity index (χ2n) is 15.5. The molecule has 4 aliphatic carbocycles. The van der Waals surface area contributed by atoms with Crippen LogP contribution in [0.5, 0.6) is 0 Å². The van der Waals surface area contributed by atoms with Gasteiger partial charge in [-0.1, -0.05) is 65.5 Å². The molecule has 0 radical (unpaired) electrons. The zero-order valence-electron chi connectivity index (χ0n) is 26.3. The summed E-state index contributed by atoms with van der Waals surface area (Å²) in [5, 5.41) is 18.5. The predicted octanol–water partition coefficient (Wildman–Crippen LogP) is 7.03. The van der Waals surface area contributed by atoms with Gasteiger partial charge in [-0.3, -0.25) is 0 Å². The van der Waals surface area contributed by atoms with Crippen LogP contribution >= 0.6 is 0 Å². The number of rotatable bonds is 13. The minimum Gasteiger partial charge on any atom is -0.477 e. The molecule has 40 heavy (non-hydrogen) atoms. The van der Waals surface area contributed by atoms with Crippen LogP contribution in [0.2, 0.25) is 0 Å². The first kappa shape index (κ1) is 31.5. The predicted molar refractivity (Wildman–Crippen MR) is 159 cm³/mol. The Kier molecular flexibility index (Phi) is 9.82. The number of aliphatic carboxylic acids is 2. The second-order valence-corrected chi connectivity index (χ2v) is 15.5. The van der Waals surface area contributed by atoms with Crippen molar-refractivity contribution < 1.29 is 29.0 Å². The molecule has 0 aromatic rings. The molecular weight excluding hydrogens is 502 g/mol. The Bertz CT molecular complexity index is 929. The van der Waals surface area contributed by atoms with Gasteiger partial charge in [-0.15, -0.1) is 0 Å². The highest BCUT2D eigenvalue weighted by atomic mass is 16.5. The molecule has 0 aromatic heterocycles. The Morgan fingerprint density at radius 2 is 1.70 bits per heavy atom. The van der Waals surface area contributed by atoms with Gasteiger partial charge in [0.1, 0.15) is 6.54 Å². The molecule has 4 aliphatic rings. The maximum Gasteiger partial charge on any atom is 0.359 e. The van der Waals surface area contributed by atoms with E-state index in [9.17, 15) is 19.8 Å². The number of allylic oxidation sites excluding steroid dienone is 1. The zero-order valence-corrected chi connectivity index (χ0v) is 26.3. The number of hydrogen-bond acceptors (Lipinski definition) is 3. The van der Waals surface area contributed by atoms with Crippen LogP contribution in [-0.2, 0) is 14.3 Å². The lowest BCUT2D eigenvalue weighted by molar-refractivity contribution is -0.895. The fourth-order valence-electron chi connectivity index (χ4n) is 10.1. The van der Waals surface area contributed by atoms with Crippen LogP contribution < -0.4 is 0 Å². The lowest BCUT2D eigenvalue weighted by Gasteiger charge is -2.58. The van der Waals surface area contributed by atoms with Crippen molar-refractivity contribution in [2.45, 2.75) is 111 Å². The Hall–Kier alpha value is -1.40. The number of carboxylic acid groups (broad SMARTS) is 2. The summed E-state index contributed by atoms with van der Waals surface area (Å²) in [5.74, 6) is 3.07. The maximum atomic E-state index is 11.3. The van der Waals surface area contributed by atoms with Gasteiger partial charge in [-0.2, -0.15) is 0 Å². The normalized spacial score (nSPS) is 36.4. The molecule has 0 amide bonds. The molecule has 0 spiro atoms. The van der Waals surface area contributed by atoms with E-state index in [4.69, 9.17) is 4.74 Å². The first-order valence-corrected chi connectivity index (χ1v) is 16.4. The van der Waals surface area contributed by atoms with Crippen LogP contribution in [0.3, 0.4) is 0 Å². The fourth-order valence-corrected chi connectivity index (χ4v) is 10.1. The van der Waals surface area contributed by atoms with Crippen LogP contribution in [-0.4, -0.2) is 66.0 Å². The van der Waals surface area contributed by atoms with Gasteiger partial charge in [0.25, 0.3) is 0 Å². The summed E-state index contributed by atoms with van der Waals surface area (Å²) < 4.78 is 6.26. The molecule has 0 bridgehead atoms. The van der Waals surface area contributed by atoms with Gasteiger partial charge in [-0.05, 0) is 97.7 Å². The minimum atomic E-state index is -0.975. The van der Waals surface area contributed by atoms with Crippen LogP contribution in [0.1, 0.15) is 105 Å². The molecule has 8 atom stereocenters. The van der Waals surface area contributed by atoms with E-state index in [0.29, 0.717) is 18.6 Å². The lowest BCUT2D eigenvalue weighted by atomic mass is 9.47. The highest BCUT2D eigenvalue weighted by Gasteiger charge is 2.59. The molecule has 228 valence electrons. The second kappa shape index (κ2) is 12.5. The summed E-state index contributed by atoms with van der Waals surface area (Å²) >= 11 is 0. The van der Waals surface area contributed by atoms with Crippen molar-refractivity contribution in [3.63, 3.8) is 0 Å². The van der Waals surface area contributed by atoms with Crippen molar-refractivity contribution >= 4 is 11.9 Å². The van der Waals surface area contributed by atoms with E-state index >= 15 is 0 Å². The third kappa shape index (κ3) is 6.64. The van der Waals surface area contributed by atoms with E-state index in [1.54, 1.807) is 12.6 Å². The topological polar surface area (TPSA) is 83.8 Å². The van der Waals surface area contributed by atoms with Gasteiger partial charge in [0.15, 0.2) is 13.1 Å². The summed E-state index contributed by atoms with van der Waals surface area (Å²) in [4.78, 5) is 22.6. The van der Waals surface area contributed by atoms with Crippen LogP contribution in [0.4, 0.5) is 0 Å². The highest BCUT2D eigenvalue weighted by molar-refractivity contribution is 5.70. The third-order valence-corrected chi connectivity index (χ3v) is 12.3. The molecule has 0 saturated heterocycles. The number of nitrogens with zero attached hydrogens (tertiary/aromatic N) is 1.